The Bertz CT molecular complexity index is 309. The van der Waals surface area contributed by atoms with E-state index >= 15 is 0 Å². The molecule has 1 unspecified atom stereocenters. The Balaban J connectivity index is 4.35. The van der Waals surface area contributed by atoms with Gasteiger partial charge in [-0.3, -0.25) is 4.79 Å². The van der Waals surface area contributed by atoms with Gasteiger partial charge in [-0.05, 0) is 20.8 Å². The summed E-state index contributed by atoms with van der Waals surface area (Å²) in [4.78, 5) is 11.1. The molecule has 0 rings (SSSR count). The van der Waals surface area contributed by atoms with Gasteiger partial charge in [-0.15, -0.1) is 11.6 Å². The van der Waals surface area contributed by atoms with Gasteiger partial charge < -0.3 is 5.32 Å². The zero-order chi connectivity index (χ0) is 11.6. The molecule has 1 amide bonds. The molecule has 1 N–H and O–H groups in total. The summed E-state index contributed by atoms with van der Waals surface area (Å²) in [5.41, 5.74) is 0. The molecule has 1 atom stereocenters. The van der Waals surface area contributed by atoms with E-state index in [2.05, 4.69) is 5.32 Å². The monoisotopic (exact) mass is 241 g/mol. The zero-order valence-electron chi connectivity index (χ0n) is 8.80. The molecule has 0 spiro atoms. The fourth-order valence-electron chi connectivity index (χ4n) is 0.572. The summed E-state index contributed by atoms with van der Waals surface area (Å²) in [5.74, 6) is -0.358. The van der Waals surface area contributed by atoms with Crippen LogP contribution in [-0.2, 0) is 14.6 Å². The van der Waals surface area contributed by atoms with Gasteiger partial charge >= 0.3 is 0 Å². The lowest BCUT2D eigenvalue weighted by atomic mass is 10.2. The summed E-state index contributed by atoms with van der Waals surface area (Å²) in [5, 5.41) is 1.83. The van der Waals surface area contributed by atoms with Crippen LogP contribution in [-0.4, -0.2) is 37.2 Å². The van der Waals surface area contributed by atoms with Crippen LogP contribution >= 0.6 is 11.6 Å². The molecule has 0 fully saturated rings. The summed E-state index contributed by atoms with van der Waals surface area (Å²) in [6.45, 7) is 4.72. The number of alkyl halides is 1. The smallest absolute Gasteiger partial charge is 0.237 e. The number of sulfone groups is 1. The SMILES string of the molecule is CC(Cl)C(=O)NCC(C)(C)S(C)(=O)=O. The lowest BCUT2D eigenvalue weighted by Crippen LogP contribution is -2.45. The Morgan fingerprint density at radius 2 is 1.93 bits per heavy atom. The van der Waals surface area contributed by atoms with Crippen LogP contribution in [0.1, 0.15) is 20.8 Å². The van der Waals surface area contributed by atoms with E-state index in [1.165, 1.54) is 6.92 Å². The maximum absolute atomic E-state index is 11.3. The first-order valence-electron chi connectivity index (χ1n) is 4.19. The van der Waals surface area contributed by atoms with Crippen LogP contribution in [0.2, 0.25) is 0 Å². The van der Waals surface area contributed by atoms with Crippen molar-refractivity contribution < 1.29 is 13.2 Å². The first-order valence-corrected chi connectivity index (χ1v) is 6.52. The van der Waals surface area contributed by atoms with Gasteiger partial charge in [0.25, 0.3) is 0 Å². The Kier molecular flexibility index (Phi) is 4.39. The van der Waals surface area contributed by atoms with Crippen molar-refractivity contribution in [3.8, 4) is 0 Å². The maximum atomic E-state index is 11.3. The standard InChI is InChI=1S/C8H16ClNO3S/c1-6(9)7(11)10-5-8(2,3)14(4,12)13/h6H,5H2,1-4H3,(H,10,11). The van der Waals surface area contributed by atoms with Crippen LogP contribution in [0.25, 0.3) is 0 Å². The number of hydrogen-bond donors (Lipinski definition) is 1. The number of carbonyl (C=O) groups excluding carboxylic acids is 1. The van der Waals surface area contributed by atoms with Gasteiger partial charge in [-0.25, -0.2) is 8.42 Å². The average molecular weight is 242 g/mol. The van der Waals surface area contributed by atoms with Crippen molar-refractivity contribution in [3.05, 3.63) is 0 Å². The first-order chi connectivity index (χ1) is 6.08. The third-order valence-corrected chi connectivity index (χ3v) is 4.40. The van der Waals surface area contributed by atoms with E-state index in [1.807, 2.05) is 0 Å². The lowest BCUT2D eigenvalue weighted by Gasteiger charge is -2.22. The number of carbonyl (C=O) groups is 1. The van der Waals surface area contributed by atoms with Gasteiger partial charge in [0.1, 0.15) is 5.38 Å². The molecule has 84 valence electrons. The molecule has 0 aliphatic rings. The average Bonchev–Trinajstić information content (AvgIpc) is 1.97. The first kappa shape index (κ1) is 13.7. The zero-order valence-corrected chi connectivity index (χ0v) is 10.4. The van der Waals surface area contributed by atoms with Gasteiger partial charge in [0.15, 0.2) is 9.84 Å². The minimum Gasteiger partial charge on any atom is -0.353 e. The molecule has 0 aromatic rings. The predicted octanol–water partition coefficient (Wildman–Crippen LogP) is 0.553. The van der Waals surface area contributed by atoms with Crippen LogP contribution in [0.15, 0.2) is 0 Å². The van der Waals surface area contributed by atoms with Crippen molar-refractivity contribution in [1.29, 1.82) is 0 Å². The van der Waals surface area contributed by atoms with Crippen molar-refractivity contribution in [3.63, 3.8) is 0 Å². The lowest BCUT2D eigenvalue weighted by molar-refractivity contribution is -0.120. The minimum absolute atomic E-state index is 0.0712. The molecule has 0 aliphatic carbocycles. The van der Waals surface area contributed by atoms with Crippen LogP contribution in [0.5, 0.6) is 0 Å². The molecule has 0 aliphatic heterocycles. The Morgan fingerprint density at radius 3 is 2.21 bits per heavy atom. The highest BCUT2D eigenvalue weighted by Gasteiger charge is 2.30. The second kappa shape index (κ2) is 4.49. The van der Waals surface area contributed by atoms with Gasteiger partial charge in [0.05, 0.1) is 4.75 Å². The summed E-state index contributed by atoms with van der Waals surface area (Å²) in [6, 6.07) is 0. The highest BCUT2D eigenvalue weighted by molar-refractivity contribution is 7.92. The highest BCUT2D eigenvalue weighted by Crippen LogP contribution is 2.13. The van der Waals surface area contributed by atoms with Crippen LogP contribution in [0.3, 0.4) is 0 Å². The van der Waals surface area contributed by atoms with E-state index in [1.54, 1.807) is 13.8 Å². The topological polar surface area (TPSA) is 63.2 Å². The summed E-state index contributed by atoms with van der Waals surface area (Å²) in [6.07, 6.45) is 1.14. The van der Waals surface area contributed by atoms with E-state index < -0.39 is 20.0 Å². The quantitative estimate of drug-likeness (QED) is 0.732. The molecule has 0 aromatic heterocycles. The number of halogens is 1. The number of amides is 1. The van der Waals surface area contributed by atoms with Gasteiger partial charge in [-0.1, -0.05) is 0 Å². The molecule has 0 heterocycles. The van der Waals surface area contributed by atoms with Crippen molar-refractivity contribution >= 4 is 27.3 Å². The Morgan fingerprint density at radius 1 is 1.50 bits per heavy atom. The molecular formula is C8H16ClNO3S. The second-order valence-electron chi connectivity index (χ2n) is 3.87. The number of rotatable bonds is 4. The molecule has 6 heteroatoms. The molecule has 14 heavy (non-hydrogen) atoms. The third kappa shape index (κ3) is 3.84. The second-order valence-corrected chi connectivity index (χ2v) is 7.17. The third-order valence-electron chi connectivity index (χ3n) is 2.05. The normalized spacial score (nSPS) is 14.9. The van der Waals surface area contributed by atoms with Crippen LogP contribution in [0.4, 0.5) is 0 Å². The summed E-state index contributed by atoms with van der Waals surface area (Å²) in [7, 11) is -3.18. The van der Waals surface area contributed by atoms with Crippen LogP contribution < -0.4 is 5.32 Å². The molecule has 0 radical (unpaired) electrons. The highest BCUT2D eigenvalue weighted by atomic mass is 35.5. The van der Waals surface area contributed by atoms with Crippen molar-refractivity contribution in [1.82, 2.24) is 5.32 Å². The Labute approximate surface area is 89.9 Å². The molecule has 0 saturated heterocycles. The van der Waals surface area contributed by atoms with E-state index in [-0.39, 0.29) is 12.5 Å². The van der Waals surface area contributed by atoms with E-state index in [4.69, 9.17) is 11.6 Å². The van der Waals surface area contributed by atoms with Crippen molar-refractivity contribution in [2.24, 2.45) is 0 Å². The number of hydrogen-bond acceptors (Lipinski definition) is 3. The summed E-state index contributed by atoms with van der Waals surface area (Å²) < 4.78 is 21.5. The predicted molar refractivity (Wildman–Crippen MR) is 57.2 cm³/mol. The maximum Gasteiger partial charge on any atom is 0.237 e. The van der Waals surface area contributed by atoms with Crippen molar-refractivity contribution in [2.75, 3.05) is 12.8 Å². The fraction of sp³-hybridized carbons (Fsp3) is 0.875. The van der Waals surface area contributed by atoms with Crippen LogP contribution in [0, 0.1) is 0 Å². The van der Waals surface area contributed by atoms with Gasteiger partial charge in [0.2, 0.25) is 5.91 Å². The van der Waals surface area contributed by atoms with Gasteiger partial charge in [-0.2, -0.15) is 0 Å². The minimum atomic E-state index is -3.18. The largest absolute Gasteiger partial charge is 0.353 e. The van der Waals surface area contributed by atoms with E-state index in [0.717, 1.165) is 6.26 Å². The Hall–Kier alpha value is -0.290. The molecule has 4 nitrogen and oxygen atoms in total. The summed E-state index contributed by atoms with van der Waals surface area (Å²) >= 11 is 5.51. The molecular weight excluding hydrogens is 226 g/mol. The van der Waals surface area contributed by atoms with E-state index in [0.29, 0.717) is 0 Å². The number of nitrogens with one attached hydrogen (secondary N) is 1. The molecule has 0 saturated carbocycles. The molecule has 0 aromatic carbocycles. The fourth-order valence-corrected chi connectivity index (χ4v) is 0.983. The molecule has 0 bridgehead atoms. The van der Waals surface area contributed by atoms with Crippen molar-refractivity contribution in [2.45, 2.75) is 30.9 Å². The van der Waals surface area contributed by atoms with E-state index in [9.17, 15) is 13.2 Å². The van der Waals surface area contributed by atoms with Gasteiger partial charge in [0, 0.05) is 12.8 Å².